The Hall–Kier alpha value is -3.22. The highest BCUT2D eigenvalue weighted by Gasteiger charge is 2.34. The molecule has 156 valence electrons. The first-order chi connectivity index (χ1) is 14.4. The van der Waals surface area contributed by atoms with Gasteiger partial charge in [0.05, 0.1) is 13.0 Å². The molecule has 1 amide bonds. The molecule has 1 atom stereocenters. The zero-order valence-electron chi connectivity index (χ0n) is 17.3. The van der Waals surface area contributed by atoms with E-state index >= 15 is 0 Å². The van der Waals surface area contributed by atoms with E-state index in [1.54, 1.807) is 6.07 Å². The van der Waals surface area contributed by atoms with Crippen molar-refractivity contribution in [2.24, 2.45) is 0 Å². The Bertz CT molecular complexity index is 1050. The van der Waals surface area contributed by atoms with Gasteiger partial charge in [-0.3, -0.25) is 4.79 Å². The van der Waals surface area contributed by atoms with Crippen LogP contribution in [0.1, 0.15) is 49.1 Å². The lowest BCUT2D eigenvalue weighted by atomic mass is 10.0. The predicted molar refractivity (Wildman–Crippen MR) is 110 cm³/mol. The monoisotopic (exact) mass is 409 g/mol. The molecule has 30 heavy (non-hydrogen) atoms. The fraction of sp³-hybridized carbons (Fsp3) is 0.348. The molecule has 1 fully saturated rings. The van der Waals surface area contributed by atoms with Gasteiger partial charge in [-0.15, -0.1) is 0 Å². The number of rotatable bonds is 6. The van der Waals surface area contributed by atoms with Crippen molar-refractivity contribution in [1.29, 1.82) is 0 Å². The van der Waals surface area contributed by atoms with Gasteiger partial charge in [-0.2, -0.15) is 4.98 Å². The van der Waals surface area contributed by atoms with Gasteiger partial charge in [-0.1, -0.05) is 43.3 Å². The number of halogens is 1. The van der Waals surface area contributed by atoms with Gasteiger partial charge in [-0.25, -0.2) is 4.39 Å². The van der Waals surface area contributed by atoms with Gasteiger partial charge in [0.1, 0.15) is 0 Å². The number of hydrogen-bond acceptors (Lipinski definition) is 5. The Labute approximate surface area is 174 Å². The number of methoxy groups -OCH3 is 1. The van der Waals surface area contributed by atoms with Crippen LogP contribution in [0.15, 0.2) is 47.0 Å². The predicted octanol–water partition coefficient (Wildman–Crippen LogP) is 4.52. The Balaban J connectivity index is 1.45. The summed E-state index contributed by atoms with van der Waals surface area (Å²) in [6, 6.07) is 12.8. The highest BCUT2D eigenvalue weighted by atomic mass is 19.1. The topological polar surface area (TPSA) is 68.5 Å². The van der Waals surface area contributed by atoms with E-state index in [4.69, 9.17) is 9.26 Å². The molecule has 0 bridgehead atoms. The van der Waals surface area contributed by atoms with Crippen molar-refractivity contribution in [2.75, 3.05) is 13.7 Å². The van der Waals surface area contributed by atoms with Crippen LogP contribution in [-0.4, -0.2) is 34.6 Å². The van der Waals surface area contributed by atoms with E-state index in [0.717, 1.165) is 5.56 Å². The van der Waals surface area contributed by atoms with E-state index in [9.17, 15) is 9.18 Å². The van der Waals surface area contributed by atoms with E-state index < -0.39 is 5.82 Å². The third-order valence-corrected chi connectivity index (χ3v) is 5.44. The zero-order chi connectivity index (χ0) is 21.3. The van der Waals surface area contributed by atoms with E-state index in [2.05, 4.69) is 48.3 Å². The normalized spacial score (nSPS) is 16.5. The molecule has 2 aromatic carbocycles. The minimum Gasteiger partial charge on any atom is -0.494 e. The lowest BCUT2D eigenvalue weighted by molar-refractivity contribution is -0.128. The summed E-state index contributed by atoms with van der Waals surface area (Å²) in [4.78, 5) is 18.7. The minimum absolute atomic E-state index is 0.0585. The molecule has 1 unspecified atom stereocenters. The molecule has 1 aliphatic rings. The molecule has 4 rings (SSSR count). The van der Waals surface area contributed by atoms with Gasteiger partial charge < -0.3 is 14.2 Å². The largest absolute Gasteiger partial charge is 0.494 e. The maximum atomic E-state index is 14.0. The summed E-state index contributed by atoms with van der Waals surface area (Å²) in [5.74, 6) is 0.713. The molecule has 0 aliphatic carbocycles. The molecule has 1 saturated heterocycles. The van der Waals surface area contributed by atoms with Gasteiger partial charge in [-0.05, 0) is 35.2 Å². The van der Waals surface area contributed by atoms with Crippen LogP contribution in [0, 0.1) is 5.82 Å². The molecular formula is C23H24FN3O3. The average Bonchev–Trinajstić information content (AvgIpc) is 3.36. The number of hydrogen-bond donors (Lipinski definition) is 0. The van der Waals surface area contributed by atoms with Crippen LogP contribution in [0.2, 0.25) is 0 Å². The molecule has 0 saturated carbocycles. The number of carbonyl (C=O) groups excluding carboxylic acids is 1. The maximum absolute atomic E-state index is 14.0. The van der Waals surface area contributed by atoms with Crippen molar-refractivity contribution in [1.82, 2.24) is 15.0 Å². The number of likely N-dealkylation sites (tertiary alicyclic amines) is 1. The summed E-state index contributed by atoms with van der Waals surface area (Å²) in [5, 5.41) is 3.96. The van der Waals surface area contributed by atoms with Crippen molar-refractivity contribution in [3.8, 4) is 17.1 Å². The second kappa shape index (κ2) is 8.26. The highest BCUT2D eigenvalue weighted by molar-refractivity contribution is 5.79. The van der Waals surface area contributed by atoms with Gasteiger partial charge in [0, 0.05) is 25.1 Å². The molecule has 0 radical (unpaired) electrons. The molecule has 0 N–H and O–H groups in total. The van der Waals surface area contributed by atoms with Crippen molar-refractivity contribution in [2.45, 2.75) is 38.6 Å². The molecule has 0 spiro atoms. The second-order valence-corrected chi connectivity index (χ2v) is 7.88. The fourth-order valence-corrected chi connectivity index (χ4v) is 3.64. The van der Waals surface area contributed by atoms with Crippen LogP contribution in [0.25, 0.3) is 11.4 Å². The van der Waals surface area contributed by atoms with Crippen LogP contribution in [-0.2, 0) is 11.3 Å². The van der Waals surface area contributed by atoms with Crippen LogP contribution in [0.3, 0.4) is 0 Å². The van der Waals surface area contributed by atoms with Crippen LogP contribution >= 0.6 is 0 Å². The number of carbonyl (C=O) groups is 1. The summed E-state index contributed by atoms with van der Waals surface area (Å²) in [6.07, 6.45) is 0.322. The molecule has 1 aliphatic heterocycles. The third-order valence-electron chi connectivity index (χ3n) is 5.44. The number of ether oxygens (including phenoxy) is 1. The molecule has 6 nitrogen and oxygen atoms in total. The Kier molecular flexibility index (Phi) is 5.53. The fourth-order valence-electron chi connectivity index (χ4n) is 3.64. The average molecular weight is 409 g/mol. The Morgan fingerprint density at radius 2 is 2.00 bits per heavy atom. The lowest BCUT2D eigenvalue weighted by Gasteiger charge is -2.16. The minimum atomic E-state index is -0.493. The summed E-state index contributed by atoms with van der Waals surface area (Å²) < 4.78 is 24.3. The van der Waals surface area contributed by atoms with Crippen molar-refractivity contribution in [3.05, 3.63) is 65.3 Å². The Morgan fingerprint density at radius 1 is 1.23 bits per heavy atom. The zero-order valence-corrected chi connectivity index (χ0v) is 17.3. The Morgan fingerprint density at radius 3 is 2.67 bits per heavy atom. The van der Waals surface area contributed by atoms with Crippen LogP contribution < -0.4 is 4.74 Å². The van der Waals surface area contributed by atoms with Crippen molar-refractivity contribution < 1.29 is 18.4 Å². The van der Waals surface area contributed by atoms with E-state index in [0.29, 0.717) is 42.7 Å². The standard InChI is InChI=1S/C23H24FN3O3/c1-14(2)16-6-4-15(5-7-16)12-27-13-18(11-21(27)28)23-25-22(26-30-23)17-8-9-20(29-3)19(24)10-17/h4-10,14,18H,11-13H2,1-3H3. The first-order valence-electron chi connectivity index (χ1n) is 9.98. The maximum Gasteiger partial charge on any atom is 0.232 e. The molecule has 2 heterocycles. The van der Waals surface area contributed by atoms with Crippen molar-refractivity contribution in [3.63, 3.8) is 0 Å². The SMILES string of the molecule is COc1ccc(-c2noc(C3CC(=O)N(Cc4ccc(C(C)C)cc4)C3)n2)cc1F. The molecule has 1 aromatic heterocycles. The second-order valence-electron chi connectivity index (χ2n) is 7.88. The summed E-state index contributed by atoms with van der Waals surface area (Å²) in [7, 11) is 1.41. The smallest absolute Gasteiger partial charge is 0.232 e. The van der Waals surface area contributed by atoms with Crippen LogP contribution in [0.4, 0.5) is 4.39 Å². The van der Waals surface area contributed by atoms with Gasteiger partial charge in [0.15, 0.2) is 11.6 Å². The molecule has 3 aromatic rings. The molecular weight excluding hydrogens is 385 g/mol. The number of aromatic nitrogens is 2. The quantitative estimate of drug-likeness (QED) is 0.599. The number of benzene rings is 2. The lowest BCUT2D eigenvalue weighted by Crippen LogP contribution is -2.24. The summed E-state index contributed by atoms with van der Waals surface area (Å²) >= 11 is 0. The first-order valence-corrected chi connectivity index (χ1v) is 9.98. The van der Waals surface area contributed by atoms with Crippen LogP contribution in [0.5, 0.6) is 5.75 Å². The first kappa shape index (κ1) is 20.1. The summed E-state index contributed by atoms with van der Waals surface area (Å²) in [6.45, 7) is 5.38. The van der Waals surface area contributed by atoms with Gasteiger partial charge >= 0.3 is 0 Å². The van der Waals surface area contributed by atoms with Gasteiger partial charge in [0.25, 0.3) is 0 Å². The number of nitrogens with zero attached hydrogens (tertiary/aromatic N) is 3. The van der Waals surface area contributed by atoms with Gasteiger partial charge in [0.2, 0.25) is 17.6 Å². The highest BCUT2D eigenvalue weighted by Crippen LogP contribution is 2.30. The van der Waals surface area contributed by atoms with E-state index in [1.165, 1.54) is 24.8 Å². The third kappa shape index (κ3) is 4.06. The number of amides is 1. The van der Waals surface area contributed by atoms with E-state index in [1.807, 2.05) is 4.90 Å². The van der Waals surface area contributed by atoms with E-state index in [-0.39, 0.29) is 17.6 Å². The molecule has 7 heteroatoms. The summed E-state index contributed by atoms with van der Waals surface area (Å²) in [5.41, 5.74) is 2.86. The van der Waals surface area contributed by atoms with Crippen molar-refractivity contribution >= 4 is 5.91 Å².